The molecule has 1 aliphatic rings. The van der Waals surface area contributed by atoms with Gasteiger partial charge in [-0.3, -0.25) is 0 Å². The van der Waals surface area contributed by atoms with Gasteiger partial charge in [0.15, 0.2) is 16.6 Å². The number of aromatic nitrogens is 1. The van der Waals surface area contributed by atoms with Crippen molar-refractivity contribution in [2.24, 2.45) is 5.92 Å². The van der Waals surface area contributed by atoms with Gasteiger partial charge in [-0.2, -0.15) is 4.37 Å². The van der Waals surface area contributed by atoms with Gasteiger partial charge in [0, 0.05) is 6.54 Å². The quantitative estimate of drug-likeness (QED) is 0.848. The summed E-state index contributed by atoms with van der Waals surface area (Å²) < 4.78 is 9.30. The first-order valence-electron chi connectivity index (χ1n) is 6.34. The molecule has 96 valence electrons. The Kier molecular flexibility index (Phi) is 4.48. The molecule has 1 fully saturated rings. The fourth-order valence-corrected chi connectivity index (χ4v) is 3.18. The highest BCUT2D eigenvalue weighted by molar-refractivity contribution is 7.11. The van der Waals surface area contributed by atoms with Crippen molar-refractivity contribution in [2.75, 3.05) is 24.7 Å². The topological polar surface area (TPSA) is 60.2 Å². The van der Waals surface area contributed by atoms with Crippen LogP contribution in [-0.2, 0) is 0 Å². The molecule has 1 aromatic heterocycles. The van der Waals surface area contributed by atoms with Crippen molar-refractivity contribution < 1.29 is 4.74 Å². The second-order valence-electron chi connectivity index (χ2n) is 4.65. The van der Waals surface area contributed by atoms with Crippen LogP contribution in [0.1, 0.15) is 38.5 Å². The Hall–Kier alpha value is -0.970. The van der Waals surface area contributed by atoms with Gasteiger partial charge in [0.2, 0.25) is 0 Å². The Bertz CT molecular complexity index is 348. The van der Waals surface area contributed by atoms with Crippen LogP contribution in [0.25, 0.3) is 0 Å². The number of methoxy groups -OCH3 is 1. The molecule has 0 unspecified atom stereocenters. The van der Waals surface area contributed by atoms with Gasteiger partial charge in [-0.1, -0.05) is 32.1 Å². The molecule has 5 heteroatoms. The molecule has 0 amide bonds. The Morgan fingerprint density at radius 3 is 2.88 bits per heavy atom. The second kappa shape index (κ2) is 6.10. The van der Waals surface area contributed by atoms with Gasteiger partial charge >= 0.3 is 0 Å². The summed E-state index contributed by atoms with van der Waals surface area (Å²) in [7, 11) is 1.63. The molecular weight excluding hydrogens is 234 g/mol. The van der Waals surface area contributed by atoms with Gasteiger partial charge in [-0.15, -0.1) is 0 Å². The van der Waals surface area contributed by atoms with Crippen molar-refractivity contribution in [2.45, 2.75) is 38.5 Å². The van der Waals surface area contributed by atoms with Crippen molar-refractivity contribution in [1.29, 1.82) is 0 Å². The van der Waals surface area contributed by atoms with Crippen LogP contribution >= 0.6 is 11.5 Å². The van der Waals surface area contributed by atoms with Gasteiger partial charge < -0.3 is 15.8 Å². The number of nitrogen functional groups attached to an aromatic ring is 1. The van der Waals surface area contributed by atoms with Crippen LogP contribution in [0.2, 0.25) is 0 Å². The Morgan fingerprint density at radius 2 is 2.18 bits per heavy atom. The predicted molar refractivity (Wildman–Crippen MR) is 72.8 cm³/mol. The van der Waals surface area contributed by atoms with E-state index in [2.05, 4.69) is 9.69 Å². The van der Waals surface area contributed by atoms with Crippen molar-refractivity contribution in [3.8, 4) is 5.75 Å². The first-order chi connectivity index (χ1) is 8.31. The number of nitrogens with two attached hydrogens (primary N) is 1. The van der Waals surface area contributed by atoms with Crippen LogP contribution in [0.5, 0.6) is 5.75 Å². The van der Waals surface area contributed by atoms with Crippen molar-refractivity contribution in [3.63, 3.8) is 0 Å². The molecule has 1 aromatic rings. The third-order valence-corrected chi connectivity index (χ3v) is 4.24. The SMILES string of the molecule is COc1c(N)nsc1NCCC1CCCCC1. The molecule has 0 bridgehead atoms. The van der Waals surface area contributed by atoms with E-state index in [0.717, 1.165) is 17.5 Å². The molecule has 0 saturated heterocycles. The van der Waals surface area contributed by atoms with E-state index in [1.54, 1.807) is 7.11 Å². The summed E-state index contributed by atoms with van der Waals surface area (Å²) in [5, 5.41) is 4.34. The highest BCUT2D eigenvalue weighted by Gasteiger charge is 2.14. The molecule has 0 aromatic carbocycles. The van der Waals surface area contributed by atoms with Crippen molar-refractivity contribution >= 4 is 22.4 Å². The summed E-state index contributed by atoms with van der Waals surface area (Å²) in [5.41, 5.74) is 5.70. The Balaban J connectivity index is 1.77. The first kappa shape index (κ1) is 12.5. The number of anilines is 2. The summed E-state index contributed by atoms with van der Waals surface area (Å²) >= 11 is 1.38. The third kappa shape index (κ3) is 3.25. The van der Waals surface area contributed by atoms with Gasteiger partial charge in [0.25, 0.3) is 0 Å². The molecule has 1 saturated carbocycles. The zero-order valence-electron chi connectivity index (χ0n) is 10.4. The molecule has 0 spiro atoms. The summed E-state index contributed by atoms with van der Waals surface area (Å²) in [6.45, 7) is 0.989. The van der Waals surface area contributed by atoms with E-state index in [9.17, 15) is 0 Å². The zero-order chi connectivity index (χ0) is 12.1. The van der Waals surface area contributed by atoms with Gasteiger partial charge in [0.1, 0.15) is 0 Å². The van der Waals surface area contributed by atoms with E-state index in [1.165, 1.54) is 50.1 Å². The lowest BCUT2D eigenvalue weighted by Crippen LogP contribution is -2.12. The minimum absolute atomic E-state index is 0.484. The van der Waals surface area contributed by atoms with E-state index < -0.39 is 0 Å². The largest absolute Gasteiger partial charge is 0.490 e. The van der Waals surface area contributed by atoms with Crippen molar-refractivity contribution in [3.05, 3.63) is 0 Å². The van der Waals surface area contributed by atoms with Gasteiger partial charge in [0.05, 0.1) is 7.11 Å². The third-order valence-electron chi connectivity index (χ3n) is 3.44. The molecule has 0 radical (unpaired) electrons. The lowest BCUT2D eigenvalue weighted by molar-refractivity contribution is 0.345. The van der Waals surface area contributed by atoms with Crippen LogP contribution in [-0.4, -0.2) is 18.0 Å². The Labute approximate surface area is 107 Å². The van der Waals surface area contributed by atoms with E-state index in [1.807, 2.05) is 0 Å². The smallest absolute Gasteiger partial charge is 0.197 e. The van der Waals surface area contributed by atoms with Crippen LogP contribution in [0.3, 0.4) is 0 Å². The maximum absolute atomic E-state index is 5.70. The predicted octanol–water partition coefficient (Wildman–Crippen LogP) is 3.12. The van der Waals surface area contributed by atoms with Gasteiger partial charge in [-0.25, -0.2) is 0 Å². The van der Waals surface area contributed by atoms with Gasteiger partial charge in [-0.05, 0) is 23.9 Å². The summed E-state index contributed by atoms with van der Waals surface area (Å²) in [6, 6.07) is 0. The maximum Gasteiger partial charge on any atom is 0.197 e. The number of ether oxygens (including phenoxy) is 1. The van der Waals surface area contributed by atoms with Crippen LogP contribution < -0.4 is 15.8 Å². The first-order valence-corrected chi connectivity index (χ1v) is 7.11. The average Bonchev–Trinajstić information content (AvgIpc) is 2.71. The molecule has 2 rings (SSSR count). The summed E-state index contributed by atoms with van der Waals surface area (Å²) in [5.74, 6) is 2.07. The lowest BCUT2D eigenvalue weighted by Gasteiger charge is -2.21. The average molecular weight is 255 g/mol. The highest BCUT2D eigenvalue weighted by atomic mass is 32.1. The van der Waals surface area contributed by atoms with Crippen LogP contribution in [0.15, 0.2) is 0 Å². The summed E-state index contributed by atoms with van der Waals surface area (Å²) in [4.78, 5) is 0. The molecule has 4 nitrogen and oxygen atoms in total. The molecule has 0 atom stereocenters. The standard InChI is InChI=1S/C12H21N3OS/c1-16-10-11(13)15-17-12(10)14-8-7-9-5-3-2-4-6-9/h9,14H,2-8H2,1H3,(H2,13,15). The number of hydrogen-bond donors (Lipinski definition) is 2. The number of nitrogens with zero attached hydrogens (tertiary/aromatic N) is 1. The van der Waals surface area contributed by atoms with Crippen LogP contribution in [0, 0.1) is 5.92 Å². The summed E-state index contributed by atoms with van der Waals surface area (Å²) in [6.07, 6.45) is 8.25. The monoisotopic (exact) mass is 255 g/mol. The van der Waals surface area contributed by atoms with E-state index in [4.69, 9.17) is 10.5 Å². The van der Waals surface area contributed by atoms with E-state index >= 15 is 0 Å². The fraction of sp³-hybridized carbons (Fsp3) is 0.750. The molecule has 17 heavy (non-hydrogen) atoms. The number of rotatable bonds is 5. The maximum atomic E-state index is 5.70. The Morgan fingerprint density at radius 1 is 1.41 bits per heavy atom. The normalized spacial score (nSPS) is 17.0. The minimum atomic E-state index is 0.484. The van der Waals surface area contributed by atoms with Crippen molar-refractivity contribution in [1.82, 2.24) is 4.37 Å². The second-order valence-corrected chi connectivity index (χ2v) is 5.42. The number of nitrogens with one attached hydrogen (secondary N) is 1. The minimum Gasteiger partial charge on any atom is -0.490 e. The zero-order valence-corrected chi connectivity index (χ0v) is 11.2. The lowest BCUT2D eigenvalue weighted by atomic mass is 9.87. The fourth-order valence-electron chi connectivity index (χ4n) is 2.47. The van der Waals surface area contributed by atoms with Crippen LogP contribution in [0.4, 0.5) is 10.8 Å². The van der Waals surface area contributed by atoms with E-state index in [0.29, 0.717) is 11.6 Å². The molecular formula is C12H21N3OS. The molecule has 0 aliphatic heterocycles. The molecule has 1 heterocycles. The number of hydrogen-bond acceptors (Lipinski definition) is 5. The highest BCUT2D eigenvalue weighted by Crippen LogP contribution is 2.35. The molecule has 3 N–H and O–H groups in total. The van der Waals surface area contributed by atoms with E-state index in [-0.39, 0.29) is 0 Å². The molecule has 1 aliphatic carbocycles.